The Morgan fingerprint density at radius 1 is 1.15 bits per heavy atom. The van der Waals surface area contributed by atoms with Crippen molar-refractivity contribution in [1.29, 1.82) is 0 Å². The van der Waals surface area contributed by atoms with Crippen LogP contribution in [0.4, 0.5) is 10.5 Å². The first kappa shape index (κ1) is 29.7. The third-order valence-electron chi connectivity index (χ3n) is 4.85. The lowest BCUT2D eigenvalue weighted by Gasteiger charge is -2.16. The highest BCUT2D eigenvalue weighted by atomic mass is 16.2. The molecule has 180 valence electrons. The number of benzene rings is 1. The number of aryl methyl sites for hydroxylation is 1. The van der Waals surface area contributed by atoms with Gasteiger partial charge in [-0.15, -0.1) is 0 Å². The van der Waals surface area contributed by atoms with Crippen molar-refractivity contribution in [3.8, 4) is 0 Å². The van der Waals surface area contributed by atoms with E-state index in [1.165, 1.54) is 25.0 Å². The highest BCUT2D eigenvalue weighted by Gasteiger charge is 2.05. The minimum Gasteiger partial charge on any atom is -0.383 e. The first-order valence-corrected chi connectivity index (χ1v) is 11.6. The number of anilines is 1. The number of unbranched alkanes of at least 4 members (excludes halogenated alkanes) is 1. The molecular formula is C29H43N3O. The Balaban J connectivity index is 0.000000622. The van der Waals surface area contributed by atoms with E-state index < -0.39 is 0 Å². The minimum atomic E-state index is -0.189. The Kier molecular flexibility index (Phi) is 16.5. The summed E-state index contributed by atoms with van der Waals surface area (Å²) in [6.45, 7) is 22.0. The van der Waals surface area contributed by atoms with Crippen LogP contribution in [0.15, 0.2) is 86.2 Å². The minimum absolute atomic E-state index is 0.189. The van der Waals surface area contributed by atoms with Crippen LogP contribution in [0.5, 0.6) is 0 Å². The highest BCUT2D eigenvalue weighted by molar-refractivity contribution is 5.90. The molecule has 0 bridgehead atoms. The van der Waals surface area contributed by atoms with Crippen molar-refractivity contribution in [3.63, 3.8) is 0 Å². The molecule has 1 aromatic rings. The summed E-state index contributed by atoms with van der Waals surface area (Å²) < 4.78 is 0. The summed E-state index contributed by atoms with van der Waals surface area (Å²) in [4.78, 5) is 11.4. The number of hydrogen-bond donors (Lipinski definition) is 3. The van der Waals surface area contributed by atoms with Crippen molar-refractivity contribution >= 4 is 17.3 Å². The molecule has 0 radical (unpaired) electrons. The topological polar surface area (TPSA) is 53.2 Å². The third-order valence-corrected chi connectivity index (χ3v) is 4.85. The van der Waals surface area contributed by atoms with Gasteiger partial charge in [0.15, 0.2) is 0 Å². The van der Waals surface area contributed by atoms with Crippen molar-refractivity contribution in [3.05, 3.63) is 97.3 Å². The van der Waals surface area contributed by atoms with Gasteiger partial charge in [0, 0.05) is 24.0 Å². The van der Waals surface area contributed by atoms with E-state index in [0.29, 0.717) is 12.6 Å². The second kappa shape index (κ2) is 18.3. The summed E-state index contributed by atoms with van der Waals surface area (Å²) in [7, 11) is 0. The van der Waals surface area contributed by atoms with Crippen molar-refractivity contribution in [2.75, 3.05) is 11.9 Å². The fraction of sp³-hybridized carbons (Fsp3) is 0.345. The summed E-state index contributed by atoms with van der Waals surface area (Å²) in [5, 5.41) is 8.97. The zero-order valence-electron chi connectivity index (χ0n) is 21.2. The predicted molar refractivity (Wildman–Crippen MR) is 147 cm³/mol. The molecule has 0 saturated heterocycles. The summed E-state index contributed by atoms with van der Waals surface area (Å²) >= 11 is 0. The standard InChI is InChI=1S/C15H25N.C14H18N2O/c1-5-8-10-11-13-15(12-9-6-2)16-14(4)7-3;1-5-10(3)12-7-8-13(11(4)9-12)16-14(17)15-6-2/h5,7-8,10-11,13,15-16H,1,6,9,12H2,2-4H3;5,7-9H,1,3,6H2,2,4H3,(H2,15,16,17)/b10-8-,13-11+,14-7+;. The van der Waals surface area contributed by atoms with Crippen LogP contribution in [0.25, 0.3) is 5.57 Å². The maximum atomic E-state index is 11.4. The van der Waals surface area contributed by atoms with Crippen molar-refractivity contribution in [1.82, 2.24) is 10.6 Å². The van der Waals surface area contributed by atoms with Crippen LogP contribution in [0.2, 0.25) is 0 Å². The highest BCUT2D eigenvalue weighted by Crippen LogP contribution is 2.21. The number of rotatable bonds is 12. The smallest absolute Gasteiger partial charge is 0.319 e. The molecule has 0 aliphatic rings. The molecule has 1 unspecified atom stereocenters. The summed E-state index contributed by atoms with van der Waals surface area (Å²) in [6.07, 6.45) is 17.5. The monoisotopic (exact) mass is 449 g/mol. The lowest BCUT2D eigenvalue weighted by atomic mass is 10.0. The van der Waals surface area contributed by atoms with Gasteiger partial charge in [-0.05, 0) is 62.9 Å². The Morgan fingerprint density at radius 3 is 2.42 bits per heavy atom. The van der Waals surface area contributed by atoms with Crippen LogP contribution in [-0.4, -0.2) is 18.6 Å². The molecule has 0 saturated carbocycles. The molecule has 0 aliphatic heterocycles. The molecular weight excluding hydrogens is 406 g/mol. The van der Waals surface area contributed by atoms with E-state index in [2.05, 4.69) is 74.7 Å². The fourth-order valence-corrected chi connectivity index (χ4v) is 2.81. The maximum Gasteiger partial charge on any atom is 0.319 e. The normalized spacial score (nSPS) is 12.0. The molecule has 0 aliphatic carbocycles. The molecule has 0 spiro atoms. The zero-order valence-corrected chi connectivity index (χ0v) is 21.2. The number of hydrogen-bond acceptors (Lipinski definition) is 2. The lowest BCUT2D eigenvalue weighted by molar-refractivity contribution is 0.252. The van der Waals surface area contributed by atoms with E-state index in [-0.39, 0.29) is 6.03 Å². The average molecular weight is 450 g/mol. The SMILES string of the molecule is C=C/C=C\C=C\C(CCCC)N/C(C)=C/C.C=CC(=C)c1ccc(NC(=O)NCC)c(C)c1. The average Bonchev–Trinajstić information content (AvgIpc) is 2.81. The molecule has 33 heavy (non-hydrogen) atoms. The Morgan fingerprint density at radius 2 is 1.88 bits per heavy atom. The molecule has 2 amide bonds. The van der Waals surface area contributed by atoms with Gasteiger partial charge in [-0.3, -0.25) is 0 Å². The molecule has 1 atom stereocenters. The van der Waals surface area contributed by atoms with E-state index in [1.807, 2.05) is 44.2 Å². The molecule has 1 rings (SSSR count). The van der Waals surface area contributed by atoms with Gasteiger partial charge in [-0.25, -0.2) is 4.79 Å². The van der Waals surface area contributed by atoms with Gasteiger partial charge < -0.3 is 16.0 Å². The van der Waals surface area contributed by atoms with E-state index in [4.69, 9.17) is 0 Å². The van der Waals surface area contributed by atoms with Crippen molar-refractivity contribution in [2.24, 2.45) is 0 Å². The van der Waals surface area contributed by atoms with Crippen LogP contribution >= 0.6 is 0 Å². The third kappa shape index (κ3) is 13.7. The van der Waals surface area contributed by atoms with E-state index in [0.717, 1.165) is 22.4 Å². The predicted octanol–water partition coefficient (Wildman–Crippen LogP) is 7.69. The number of carbonyl (C=O) groups excluding carboxylic acids is 1. The zero-order chi connectivity index (χ0) is 25.1. The van der Waals surface area contributed by atoms with Crippen molar-refractivity contribution < 1.29 is 4.79 Å². The van der Waals surface area contributed by atoms with Gasteiger partial charge in [-0.2, -0.15) is 0 Å². The number of nitrogens with one attached hydrogen (secondary N) is 3. The second-order valence-corrected chi connectivity index (χ2v) is 7.61. The van der Waals surface area contributed by atoms with Crippen LogP contribution < -0.4 is 16.0 Å². The van der Waals surface area contributed by atoms with E-state index in [9.17, 15) is 4.79 Å². The molecule has 0 heterocycles. The number of amides is 2. The molecule has 4 nitrogen and oxygen atoms in total. The first-order chi connectivity index (χ1) is 15.8. The molecule has 0 fully saturated rings. The van der Waals surface area contributed by atoms with Gasteiger partial charge in [0.05, 0.1) is 0 Å². The Hall–Kier alpha value is -3.27. The van der Waals surface area contributed by atoms with Crippen molar-refractivity contribution in [2.45, 2.75) is 59.9 Å². The molecule has 4 heteroatoms. The number of urea groups is 1. The quantitative estimate of drug-likeness (QED) is 0.286. The molecule has 3 N–H and O–H groups in total. The molecule has 1 aromatic carbocycles. The number of carbonyl (C=O) groups is 1. The van der Waals surface area contributed by atoms with Crippen LogP contribution in [0.3, 0.4) is 0 Å². The number of allylic oxidation sites excluding steroid dienone is 8. The first-order valence-electron chi connectivity index (χ1n) is 11.6. The lowest BCUT2D eigenvalue weighted by Crippen LogP contribution is -2.28. The van der Waals surface area contributed by atoms with Gasteiger partial charge in [0.2, 0.25) is 0 Å². The van der Waals surface area contributed by atoms with Crippen LogP contribution in [-0.2, 0) is 0 Å². The fourth-order valence-electron chi connectivity index (χ4n) is 2.81. The van der Waals surface area contributed by atoms with Crippen LogP contribution in [0, 0.1) is 6.92 Å². The second-order valence-electron chi connectivity index (χ2n) is 7.61. The van der Waals surface area contributed by atoms with E-state index in [1.54, 1.807) is 12.2 Å². The van der Waals surface area contributed by atoms with E-state index >= 15 is 0 Å². The summed E-state index contributed by atoms with van der Waals surface area (Å²) in [5.74, 6) is 0. The summed E-state index contributed by atoms with van der Waals surface area (Å²) in [5.41, 5.74) is 4.92. The largest absolute Gasteiger partial charge is 0.383 e. The van der Waals surface area contributed by atoms with Gasteiger partial charge in [0.25, 0.3) is 0 Å². The van der Waals surface area contributed by atoms with Gasteiger partial charge in [-0.1, -0.05) is 88.1 Å². The van der Waals surface area contributed by atoms with Crippen LogP contribution in [0.1, 0.15) is 58.1 Å². The maximum absolute atomic E-state index is 11.4. The van der Waals surface area contributed by atoms with Gasteiger partial charge >= 0.3 is 6.03 Å². The Labute approximate surface area is 202 Å². The molecule has 0 aromatic heterocycles. The summed E-state index contributed by atoms with van der Waals surface area (Å²) in [6, 6.07) is 6.01. The van der Waals surface area contributed by atoms with Gasteiger partial charge in [0.1, 0.15) is 0 Å². The Bertz CT molecular complexity index is 846.